The molecule has 1 aliphatic carbocycles. The summed E-state index contributed by atoms with van der Waals surface area (Å²) in [7, 11) is 0. The van der Waals surface area contributed by atoms with Crippen molar-refractivity contribution in [1.29, 1.82) is 0 Å². The van der Waals surface area contributed by atoms with E-state index in [1.807, 2.05) is 0 Å². The van der Waals surface area contributed by atoms with Gasteiger partial charge in [0.2, 0.25) is 0 Å². The number of rotatable bonds is 8. The smallest absolute Gasteiger partial charge is 0.306 e. The third-order valence-corrected chi connectivity index (χ3v) is 4.11. The van der Waals surface area contributed by atoms with Crippen molar-refractivity contribution in [1.82, 2.24) is 15.1 Å². The molecule has 1 heterocycles. The van der Waals surface area contributed by atoms with Crippen LogP contribution in [0.5, 0.6) is 0 Å². The second kappa shape index (κ2) is 6.97. The van der Waals surface area contributed by atoms with Gasteiger partial charge < -0.3 is 15.5 Å². The van der Waals surface area contributed by atoms with Crippen LogP contribution in [0, 0.1) is 15.5 Å². The number of aliphatic hydroxyl groups excluding tert-OH is 2. The van der Waals surface area contributed by atoms with Gasteiger partial charge in [0.1, 0.15) is 12.4 Å². The lowest BCUT2D eigenvalue weighted by Gasteiger charge is -2.27. The third-order valence-electron chi connectivity index (χ3n) is 4.11. The van der Waals surface area contributed by atoms with E-state index in [4.69, 9.17) is 0 Å². The number of aliphatic hydroxyl groups is 2. The maximum atomic E-state index is 10.5. The Bertz CT molecular complexity index is 470. The van der Waals surface area contributed by atoms with Crippen molar-refractivity contribution in [2.45, 2.75) is 38.3 Å². The molecule has 1 unspecified atom stereocenters. The van der Waals surface area contributed by atoms with Gasteiger partial charge in [0, 0.05) is 25.1 Å². The molecule has 2 rings (SSSR count). The molecule has 1 fully saturated rings. The molecule has 3 N–H and O–H groups in total. The van der Waals surface area contributed by atoms with Crippen LogP contribution in [0.15, 0.2) is 12.4 Å². The first kappa shape index (κ1) is 15.9. The van der Waals surface area contributed by atoms with Gasteiger partial charge in [-0.3, -0.25) is 14.8 Å². The molecule has 0 spiro atoms. The van der Waals surface area contributed by atoms with Crippen molar-refractivity contribution < 1.29 is 15.1 Å². The fourth-order valence-electron chi connectivity index (χ4n) is 2.85. The van der Waals surface area contributed by atoms with Crippen LogP contribution in [0.25, 0.3) is 0 Å². The van der Waals surface area contributed by atoms with Crippen LogP contribution in [-0.4, -0.2) is 50.7 Å². The lowest BCUT2D eigenvalue weighted by atomic mass is 9.87. The summed E-state index contributed by atoms with van der Waals surface area (Å²) in [5.41, 5.74) is -0.134. The van der Waals surface area contributed by atoms with E-state index in [0.717, 1.165) is 25.7 Å². The molecule has 0 saturated heterocycles. The topological polar surface area (TPSA) is 113 Å². The normalized spacial score (nSPS) is 18.8. The van der Waals surface area contributed by atoms with Crippen molar-refractivity contribution in [2.75, 3.05) is 19.7 Å². The molecule has 0 bridgehead atoms. The first-order valence-corrected chi connectivity index (χ1v) is 7.21. The van der Waals surface area contributed by atoms with E-state index in [0.29, 0.717) is 13.1 Å². The summed E-state index contributed by atoms with van der Waals surface area (Å²) in [6, 6.07) is 0. The number of hydrogen-bond donors (Lipinski definition) is 3. The second-order valence-electron chi connectivity index (χ2n) is 5.83. The van der Waals surface area contributed by atoms with E-state index >= 15 is 0 Å². The first-order chi connectivity index (χ1) is 10.0. The van der Waals surface area contributed by atoms with Crippen molar-refractivity contribution >= 4 is 5.69 Å². The summed E-state index contributed by atoms with van der Waals surface area (Å²) < 4.78 is 1.36. The lowest BCUT2D eigenvalue weighted by molar-refractivity contribution is -0.385. The Hall–Kier alpha value is -1.51. The SMILES string of the molecule is O=[N+]([O-])c1cnn(CC(O)CNCC2(CO)CCCC2)c1. The first-order valence-electron chi connectivity index (χ1n) is 7.21. The predicted molar refractivity (Wildman–Crippen MR) is 75.7 cm³/mol. The van der Waals surface area contributed by atoms with Crippen LogP contribution in [0.3, 0.4) is 0 Å². The fraction of sp³-hybridized carbons (Fsp3) is 0.769. The Labute approximate surface area is 122 Å². The minimum absolute atomic E-state index is 0.0514. The number of hydrogen-bond acceptors (Lipinski definition) is 6. The van der Waals surface area contributed by atoms with Crippen LogP contribution >= 0.6 is 0 Å². The fourth-order valence-corrected chi connectivity index (χ4v) is 2.85. The lowest BCUT2D eigenvalue weighted by Crippen LogP contribution is -2.39. The Kier molecular flexibility index (Phi) is 5.27. The van der Waals surface area contributed by atoms with E-state index in [1.54, 1.807) is 0 Å². The zero-order chi connectivity index (χ0) is 15.3. The zero-order valence-electron chi connectivity index (χ0n) is 11.9. The third kappa shape index (κ3) is 4.23. The molecule has 0 radical (unpaired) electrons. The molecule has 1 aromatic heterocycles. The maximum absolute atomic E-state index is 10.5. The van der Waals surface area contributed by atoms with Crippen LogP contribution < -0.4 is 5.32 Å². The molecular weight excluding hydrogens is 276 g/mol. The predicted octanol–water partition coefficient (Wildman–Crippen LogP) is 0.294. The summed E-state index contributed by atoms with van der Waals surface area (Å²) in [6.45, 7) is 1.42. The summed E-state index contributed by atoms with van der Waals surface area (Å²) in [6.07, 6.45) is 6.09. The molecule has 21 heavy (non-hydrogen) atoms. The summed E-state index contributed by atoms with van der Waals surface area (Å²) >= 11 is 0. The van der Waals surface area contributed by atoms with E-state index in [-0.39, 0.29) is 24.3 Å². The number of nitro groups is 1. The molecule has 0 amide bonds. The van der Waals surface area contributed by atoms with E-state index in [2.05, 4.69) is 10.4 Å². The Morgan fingerprint density at radius 2 is 2.24 bits per heavy atom. The molecule has 1 aliphatic rings. The molecule has 118 valence electrons. The molecule has 1 saturated carbocycles. The highest BCUT2D eigenvalue weighted by atomic mass is 16.6. The van der Waals surface area contributed by atoms with Crippen LogP contribution in [0.4, 0.5) is 5.69 Å². The van der Waals surface area contributed by atoms with Gasteiger partial charge in [-0.05, 0) is 12.8 Å². The second-order valence-corrected chi connectivity index (χ2v) is 5.83. The average Bonchev–Trinajstić information content (AvgIpc) is 3.08. The molecule has 8 nitrogen and oxygen atoms in total. The van der Waals surface area contributed by atoms with Gasteiger partial charge in [0.15, 0.2) is 0 Å². The van der Waals surface area contributed by atoms with Gasteiger partial charge in [0.05, 0.1) is 17.6 Å². The minimum Gasteiger partial charge on any atom is -0.396 e. The molecule has 8 heteroatoms. The minimum atomic E-state index is -0.679. The zero-order valence-corrected chi connectivity index (χ0v) is 11.9. The number of nitrogens with zero attached hydrogens (tertiary/aromatic N) is 3. The van der Waals surface area contributed by atoms with Gasteiger partial charge in [-0.1, -0.05) is 12.8 Å². The molecule has 1 aromatic rings. The van der Waals surface area contributed by atoms with Crippen molar-refractivity contribution in [3.05, 3.63) is 22.5 Å². The highest BCUT2D eigenvalue weighted by Gasteiger charge is 2.32. The Morgan fingerprint density at radius 3 is 2.81 bits per heavy atom. The number of nitrogens with one attached hydrogen (secondary N) is 1. The van der Waals surface area contributed by atoms with Gasteiger partial charge in [-0.2, -0.15) is 5.10 Å². The highest BCUT2D eigenvalue weighted by Crippen LogP contribution is 2.36. The largest absolute Gasteiger partial charge is 0.396 e. The van der Waals surface area contributed by atoms with Gasteiger partial charge >= 0.3 is 5.69 Å². The number of aromatic nitrogens is 2. The summed E-state index contributed by atoms with van der Waals surface area (Å²) in [5, 5.41) is 37.0. The van der Waals surface area contributed by atoms with Crippen molar-refractivity contribution in [3.63, 3.8) is 0 Å². The summed E-state index contributed by atoms with van der Waals surface area (Å²) in [4.78, 5) is 10.0. The van der Waals surface area contributed by atoms with Crippen molar-refractivity contribution in [2.24, 2.45) is 5.41 Å². The molecular formula is C13H22N4O4. The van der Waals surface area contributed by atoms with Gasteiger partial charge in [-0.25, -0.2) is 0 Å². The van der Waals surface area contributed by atoms with Crippen LogP contribution in [0.2, 0.25) is 0 Å². The summed E-state index contributed by atoms with van der Waals surface area (Å²) in [5.74, 6) is 0. The van der Waals surface area contributed by atoms with Gasteiger partial charge in [0.25, 0.3) is 0 Å². The van der Waals surface area contributed by atoms with E-state index in [1.165, 1.54) is 17.1 Å². The Balaban J connectivity index is 1.74. The van der Waals surface area contributed by atoms with Crippen LogP contribution in [-0.2, 0) is 6.54 Å². The average molecular weight is 298 g/mol. The molecule has 1 atom stereocenters. The molecule has 0 aliphatic heterocycles. The Morgan fingerprint density at radius 1 is 1.52 bits per heavy atom. The van der Waals surface area contributed by atoms with Crippen molar-refractivity contribution in [3.8, 4) is 0 Å². The van der Waals surface area contributed by atoms with Crippen LogP contribution in [0.1, 0.15) is 25.7 Å². The molecule has 0 aromatic carbocycles. The van der Waals surface area contributed by atoms with E-state index < -0.39 is 11.0 Å². The standard InChI is InChI=1S/C13H22N4O4/c18-10-13(3-1-2-4-13)9-14-6-12(19)8-16-7-11(5-15-16)17(20)21/h5,7,12,14,18-19H,1-4,6,8-10H2. The monoisotopic (exact) mass is 298 g/mol. The maximum Gasteiger partial charge on any atom is 0.306 e. The van der Waals surface area contributed by atoms with Gasteiger partial charge in [-0.15, -0.1) is 0 Å². The quantitative estimate of drug-likeness (QED) is 0.470. The van der Waals surface area contributed by atoms with E-state index in [9.17, 15) is 20.3 Å². The highest BCUT2D eigenvalue weighted by molar-refractivity contribution is 5.20.